The average molecular weight is 224 g/mol. The van der Waals surface area contributed by atoms with E-state index in [-0.39, 0.29) is 12.4 Å². The van der Waals surface area contributed by atoms with E-state index in [4.69, 9.17) is 5.73 Å². The Hall–Kier alpha value is -0.930. The van der Waals surface area contributed by atoms with Crippen molar-refractivity contribution in [2.75, 3.05) is 13.6 Å². The second-order valence-electron chi connectivity index (χ2n) is 4.68. The van der Waals surface area contributed by atoms with Crippen molar-refractivity contribution in [3.63, 3.8) is 0 Å². The minimum atomic E-state index is -0.152. The number of halogens is 1. The summed E-state index contributed by atoms with van der Waals surface area (Å²) in [5, 5.41) is 0. The van der Waals surface area contributed by atoms with Crippen molar-refractivity contribution in [3.05, 3.63) is 35.1 Å². The van der Waals surface area contributed by atoms with Crippen LogP contribution in [0, 0.1) is 11.7 Å². The van der Waals surface area contributed by atoms with Gasteiger partial charge in [0.2, 0.25) is 0 Å². The van der Waals surface area contributed by atoms with Crippen LogP contribution in [0.25, 0.3) is 0 Å². The van der Waals surface area contributed by atoms with Crippen molar-refractivity contribution in [3.8, 4) is 0 Å². The quantitative estimate of drug-likeness (QED) is 0.832. The Labute approximate surface area is 97.3 Å². The summed E-state index contributed by atoms with van der Waals surface area (Å²) in [4.78, 5) is 2.13. The lowest BCUT2D eigenvalue weighted by Gasteiger charge is -2.19. The maximum atomic E-state index is 13.9. The van der Waals surface area contributed by atoms with Gasteiger partial charge >= 0.3 is 0 Å². The van der Waals surface area contributed by atoms with E-state index in [0.29, 0.717) is 18.0 Å². The summed E-state index contributed by atoms with van der Waals surface area (Å²) in [5.74, 6) is 0.436. The highest BCUT2D eigenvalue weighted by atomic mass is 19.1. The third-order valence-electron chi connectivity index (χ3n) is 2.50. The normalized spacial score (nSPS) is 11.4. The van der Waals surface area contributed by atoms with Gasteiger partial charge in [0.15, 0.2) is 0 Å². The first-order valence-corrected chi connectivity index (χ1v) is 5.69. The molecule has 0 aromatic heterocycles. The molecule has 0 saturated carbocycles. The molecule has 0 spiro atoms. The summed E-state index contributed by atoms with van der Waals surface area (Å²) < 4.78 is 13.9. The van der Waals surface area contributed by atoms with E-state index in [1.54, 1.807) is 6.07 Å². The summed E-state index contributed by atoms with van der Waals surface area (Å²) in [6.07, 6.45) is 0. The number of benzene rings is 1. The number of nitrogens with zero attached hydrogens (tertiary/aromatic N) is 1. The fraction of sp³-hybridized carbons (Fsp3) is 0.538. The maximum Gasteiger partial charge on any atom is 0.132 e. The fourth-order valence-electron chi connectivity index (χ4n) is 1.89. The standard InChI is InChI=1S/C13H21FN2/c1-10(2)8-16(3)9-12-6-4-5-11(7-15)13(12)14/h4-6,10H,7-9,15H2,1-3H3. The lowest BCUT2D eigenvalue weighted by molar-refractivity contribution is 0.284. The molecule has 0 unspecified atom stereocenters. The van der Waals surface area contributed by atoms with E-state index in [9.17, 15) is 4.39 Å². The van der Waals surface area contributed by atoms with Gasteiger partial charge in [0.25, 0.3) is 0 Å². The topological polar surface area (TPSA) is 29.3 Å². The van der Waals surface area contributed by atoms with Crippen LogP contribution >= 0.6 is 0 Å². The Morgan fingerprint density at radius 2 is 1.94 bits per heavy atom. The SMILES string of the molecule is CC(C)CN(C)Cc1cccc(CN)c1F. The Morgan fingerprint density at radius 3 is 2.50 bits per heavy atom. The maximum absolute atomic E-state index is 13.9. The lowest BCUT2D eigenvalue weighted by Crippen LogP contribution is -2.23. The molecular weight excluding hydrogens is 203 g/mol. The first-order chi connectivity index (χ1) is 7.54. The molecule has 0 radical (unpaired) electrons. The van der Waals surface area contributed by atoms with Crippen LogP contribution in [0.2, 0.25) is 0 Å². The van der Waals surface area contributed by atoms with Crippen molar-refractivity contribution in [1.82, 2.24) is 4.90 Å². The number of hydrogen-bond donors (Lipinski definition) is 1. The smallest absolute Gasteiger partial charge is 0.132 e. The van der Waals surface area contributed by atoms with E-state index in [1.807, 2.05) is 19.2 Å². The number of rotatable bonds is 5. The Kier molecular flexibility index (Phi) is 4.90. The molecule has 1 aromatic rings. The van der Waals surface area contributed by atoms with Gasteiger partial charge in [-0.15, -0.1) is 0 Å². The zero-order chi connectivity index (χ0) is 12.1. The molecule has 1 rings (SSSR count). The highest BCUT2D eigenvalue weighted by Crippen LogP contribution is 2.14. The molecule has 2 nitrogen and oxygen atoms in total. The molecule has 0 fully saturated rings. The van der Waals surface area contributed by atoms with Gasteiger partial charge in [0.05, 0.1) is 0 Å². The van der Waals surface area contributed by atoms with Crippen molar-refractivity contribution in [1.29, 1.82) is 0 Å². The van der Waals surface area contributed by atoms with Crippen LogP contribution < -0.4 is 5.73 Å². The van der Waals surface area contributed by atoms with Gasteiger partial charge in [-0.3, -0.25) is 0 Å². The second-order valence-corrected chi connectivity index (χ2v) is 4.68. The zero-order valence-electron chi connectivity index (χ0n) is 10.3. The highest BCUT2D eigenvalue weighted by Gasteiger charge is 2.09. The van der Waals surface area contributed by atoms with Gasteiger partial charge in [0, 0.05) is 30.8 Å². The largest absolute Gasteiger partial charge is 0.326 e. The molecular formula is C13H21FN2. The van der Waals surface area contributed by atoms with E-state index in [1.165, 1.54) is 0 Å². The monoisotopic (exact) mass is 224 g/mol. The van der Waals surface area contributed by atoms with Gasteiger partial charge < -0.3 is 10.6 Å². The average Bonchev–Trinajstić information content (AvgIpc) is 2.20. The fourth-order valence-corrected chi connectivity index (χ4v) is 1.89. The molecule has 90 valence electrons. The van der Waals surface area contributed by atoms with Gasteiger partial charge in [-0.1, -0.05) is 32.0 Å². The van der Waals surface area contributed by atoms with Gasteiger partial charge in [-0.05, 0) is 13.0 Å². The molecule has 0 aliphatic rings. The van der Waals surface area contributed by atoms with Crippen LogP contribution in [-0.2, 0) is 13.1 Å². The van der Waals surface area contributed by atoms with E-state index in [2.05, 4.69) is 18.7 Å². The molecule has 0 aliphatic carbocycles. The highest BCUT2D eigenvalue weighted by molar-refractivity contribution is 5.25. The van der Waals surface area contributed by atoms with Crippen molar-refractivity contribution in [2.45, 2.75) is 26.9 Å². The van der Waals surface area contributed by atoms with Crippen LogP contribution in [0.1, 0.15) is 25.0 Å². The van der Waals surface area contributed by atoms with Crippen LogP contribution in [0.15, 0.2) is 18.2 Å². The lowest BCUT2D eigenvalue weighted by atomic mass is 10.1. The number of nitrogens with two attached hydrogens (primary N) is 1. The van der Waals surface area contributed by atoms with Gasteiger partial charge in [-0.2, -0.15) is 0 Å². The van der Waals surface area contributed by atoms with E-state index in [0.717, 1.165) is 12.1 Å². The summed E-state index contributed by atoms with van der Waals surface area (Å²) in [5.41, 5.74) is 6.80. The first-order valence-electron chi connectivity index (χ1n) is 5.69. The van der Waals surface area contributed by atoms with E-state index < -0.39 is 0 Å². The molecule has 0 saturated heterocycles. The van der Waals surface area contributed by atoms with Crippen LogP contribution in [0.4, 0.5) is 4.39 Å². The zero-order valence-corrected chi connectivity index (χ0v) is 10.3. The predicted molar refractivity (Wildman–Crippen MR) is 65.5 cm³/mol. The predicted octanol–water partition coefficient (Wildman–Crippen LogP) is 2.37. The molecule has 0 heterocycles. The third-order valence-corrected chi connectivity index (χ3v) is 2.50. The van der Waals surface area contributed by atoms with Crippen molar-refractivity contribution >= 4 is 0 Å². The summed E-state index contributed by atoms with van der Waals surface area (Å²) >= 11 is 0. The van der Waals surface area contributed by atoms with E-state index >= 15 is 0 Å². The van der Waals surface area contributed by atoms with Crippen LogP contribution in [0.3, 0.4) is 0 Å². The van der Waals surface area contributed by atoms with Crippen molar-refractivity contribution < 1.29 is 4.39 Å². The summed E-state index contributed by atoms with van der Waals surface area (Å²) in [6, 6.07) is 5.43. The molecule has 16 heavy (non-hydrogen) atoms. The molecule has 0 aliphatic heterocycles. The molecule has 0 amide bonds. The van der Waals surface area contributed by atoms with Crippen LogP contribution in [-0.4, -0.2) is 18.5 Å². The molecule has 3 heteroatoms. The minimum absolute atomic E-state index is 0.152. The van der Waals surface area contributed by atoms with Crippen molar-refractivity contribution in [2.24, 2.45) is 11.7 Å². The van der Waals surface area contributed by atoms with Gasteiger partial charge in [0.1, 0.15) is 5.82 Å². The first kappa shape index (κ1) is 13.1. The Morgan fingerprint density at radius 1 is 1.31 bits per heavy atom. The third kappa shape index (κ3) is 3.58. The Bertz CT molecular complexity index is 337. The molecule has 2 N–H and O–H groups in total. The number of hydrogen-bond acceptors (Lipinski definition) is 2. The molecule has 0 atom stereocenters. The molecule has 1 aromatic carbocycles. The van der Waals surface area contributed by atoms with Crippen LogP contribution in [0.5, 0.6) is 0 Å². The second kappa shape index (κ2) is 5.97. The minimum Gasteiger partial charge on any atom is -0.326 e. The Balaban J connectivity index is 2.73. The van der Waals surface area contributed by atoms with Gasteiger partial charge in [-0.25, -0.2) is 4.39 Å². The molecule has 0 bridgehead atoms. The summed E-state index contributed by atoms with van der Waals surface area (Å²) in [7, 11) is 2.01. The summed E-state index contributed by atoms with van der Waals surface area (Å²) in [6.45, 7) is 6.17.